The number of hydrogen-bond acceptors (Lipinski definition) is 3. The second-order valence-corrected chi connectivity index (χ2v) is 11.4. The predicted molar refractivity (Wildman–Crippen MR) is 137 cm³/mol. The van der Waals surface area contributed by atoms with Gasteiger partial charge in [-0.1, -0.05) is 15.9 Å². The summed E-state index contributed by atoms with van der Waals surface area (Å²) < 4.78 is 87.0. The van der Waals surface area contributed by atoms with E-state index < -0.39 is 53.7 Å². The second-order valence-electron chi connectivity index (χ2n) is 10.5. The summed E-state index contributed by atoms with van der Waals surface area (Å²) >= 11 is 3.46. The number of nitrogens with zero attached hydrogens (tertiary/aromatic N) is 2. The largest absolute Gasteiger partial charge is 0.443 e. The van der Waals surface area contributed by atoms with E-state index in [1.807, 2.05) is 6.92 Å². The Labute approximate surface area is 231 Å². The zero-order chi connectivity index (χ0) is 29.5. The van der Waals surface area contributed by atoms with Crippen molar-refractivity contribution in [1.29, 1.82) is 0 Å². The van der Waals surface area contributed by atoms with Gasteiger partial charge in [0.1, 0.15) is 5.60 Å². The molecule has 0 fully saturated rings. The lowest BCUT2D eigenvalue weighted by molar-refractivity contribution is -0.143. The van der Waals surface area contributed by atoms with E-state index in [9.17, 15) is 35.9 Å². The van der Waals surface area contributed by atoms with Gasteiger partial charge >= 0.3 is 18.4 Å². The molecule has 0 aliphatic carbocycles. The van der Waals surface area contributed by atoms with Gasteiger partial charge in [0.2, 0.25) is 5.91 Å². The minimum absolute atomic E-state index is 0.0567. The maximum atomic E-state index is 13.5. The van der Waals surface area contributed by atoms with Crippen molar-refractivity contribution in [1.82, 2.24) is 4.90 Å². The molecule has 12 heteroatoms. The van der Waals surface area contributed by atoms with Gasteiger partial charge in [0.25, 0.3) is 0 Å². The van der Waals surface area contributed by atoms with E-state index in [0.29, 0.717) is 40.7 Å². The summed E-state index contributed by atoms with van der Waals surface area (Å²) in [5, 5.41) is 0. The molecule has 2 aromatic rings. The Hall–Kier alpha value is -2.76. The quantitative estimate of drug-likeness (QED) is 0.323. The third kappa shape index (κ3) is 7.46. The summed E-state index contributed by atoms with van der Waals surface area (Å²) in [6, 6.07) is 4.04. The standard InChI is InChI=1S/C27H29BrF6N2O3/c1-15-9-23-20(13-21(15)28)22(7-6-8-35(23)24(38)39-25(3,4)5)36(16(2)37)14-17-10-18(26(29,30)31)12-19(11-17)27(32,33)34/h9-13,22H,6-8,14H2,1-5H3. The Morgan fingerprint density at radius 2 is 1.56 bits per heavy atom. The van der Waals surface area contributed by atoms with Crippen LogP contribution >= 0.6 is 15.9 Å². The molecule has 2 amide bonds. The third-order valence-electron chi connectivity index (χ3n) is 6.21. The molecule has 1 atom stereocenters. The molecule has 39 heavy (non-hydrogen) atoms. The summed E-state index contributed by atoms with van der Waals surface area (Å²) in [6.07, 6.45) is -9.92. The average Bonchev–Trinajstić information content (AvgIpc) is 2.94. The molecule has 0 saturated carbocycles. The Morgan fingerprint density at radius 3 is 2.05 bits per heavy atom. The minimum Gasteiger partial charge on any atom is -0.443 e. The molecule has 0 aromatic heterocycles. The van der Waals surface area contributed by atoms with Crippen molar-refractivity contribution in [3.05, 3.63) is 62.6 Å². The number of carbonyl (C=O) groups excluding carboxylic acids is 2. The van der Waals surface area contributed by atoms with Crippen molar-refractivity contribution in [2.24, 2.45) is 0 Å². The average molecular weight is 623 g/mol. The lowest BCUT2D eigenvalue weighted by Crippen LogP contribution is -2.37. The molecule has 0 saturated heterocycles. The topological polar surface area (TPSA) is 49.9 Å². The lowest BCUT2D eigenvalue weighted by atomic mass is 9.97. The first kappa shape index (κ1) is 30.8. The number of benzene rings is 2. The number of hydrogen-bond donors (Lipinski definition) is 0. The fourth-order valence-electron chi connectivity index (χ4n) is 4.48. The second kappa shape index (κ2) is 11.0. The molecule has 5 nitrogen and oxygen atoms in total. The first-order chi connectivity index (χ1) is 17.8. The monoisotopic (exact) mass is 622 g/mol. The van der Waals surface area contributed by atoms with E-state index in [0.717, 1.165) is 5.56 Å². The fraction of sp³-hybridized carbons (Fsp3) is 0.481. The molecule has 1 aliphatic rings. The van der Waals surface area contributed by atoms with Crippen molar-refractivity contribution in [3.63, 3.8) is 0 Å². The molecule has 3 rings (SSSR count). The Kier molecular flexibility index (Phi) is 8.69. The summed E-state index contributed by atoms with van der Waals surface area (Å²) in [6.45, 7) is 7.93. The van der Waals surface area contributed by atoms with Gasteiger partial charge in [-0.25, -0.2) is 4.79 Å². The van der Waals surface area contributed by atoms with Gasteiger partial charge in [0, 0.05) is 24.5 Å². The number of alkyl halides is 6. The number of halogens is 7. The van der Waals surface area contributed by atoms with E-state index in [4.69, 9.17) is 4.74 Å². The summed E-state index contributed by atoms with van der Waals surface area (Å²) in [5.41, 5.74) is -2.23. The molecule has 1 aliphatic heterocycles. The molecular formula is C27H29BrF6N2O3. The molecule has 0 N–H and O–H groups in total. The molecule has 0 spiro atoms. The summed E-state index contributed by atoms with van der Waals surface area (Å²) in [4.78, 5) is 28.6. The van der Waals surface area contributed by atoms with Crippen LogP contribution in [0.5, 0.6) is 0 Å². The molecule has 1 unspecified atom stereocenters. The van der Waals surface area contributed by atoms with Crippen LogP contribution in [-0.2, 0) is 28.4 Å². The molecule has 0 bridgehead atoms. The normalized spacial score (nSPS) is 16.4. The van der Waals surface area contributed by atoms with E-state index in [2.05, 4.69) is 15.9 Å². The SMILES string of the molecule is CC(=O)N(Cc1cc(C(F)(F)F)cc(C(F)(F)F)c1)C1CCCN(C(=O)OC(C)(C)C)c2cc(C)c(Br)cc21. The highest BCUT2D eigenvalue weighted by Crippen LogP contribution is 2.42. The Morgan fingerprint density at radius 1 is 1.00 bits per heavy atom. The summed E-state index contributed by atoms with van der Waals surface area (Å²) in [5.74, 6) is -0.542. The first-order valence-corrected chi connectivity index (χ1v) is 12.9. The Bertz CT molecular complexity index is 1220. The number of amides is 2. The molecule has 0 radical (unpaired) electrons. The van der Waals surface area contributed by atoms with Gasteiger partial charge in [-0.2, -0.15) is 26.3 Å². The lowest BCUT2D eigenvalue weighted by Gasteiger charge is -2.33. The van der Waals surface area contributed by atoms with Crippen LogP contribution in [0.2, 0.25) is 0 Å². The molecular weight excluding hydrogens is 594 g/mol. The van der Waals surface area contributed by atoms with Crippen LogP contribution in [0.3, 0.4) is 0 Å². The van der Waals surface area contributed by atoms with Crippen molar-refractivity contribution >= 4 is 33.6 Å². The zero-order valence-corrected chi connectivity index (χ0v) is 23.6. The van der Waals surface area contributed by atoms with Crippen molar-refractivity contribution in [2.75, 3.05) is 11.4 Å². The van der Waals surface area contributed by atoms with Crippen LogP contribution in [0.25, 0.3) is 0 Å². The fourth-order valence-corrected chi connectivity index (χ4v) is 4.84. The smallest absolute Gasteiger partial charge is 0.416 e. The third-order valence-corrected chi connectivity index (χ3v) is 7.07. The Balaban J connectivity index is 2.12. The van der Waals surface area contributed by atoms with E-state index in [1.165, 1.54) is 16.7 Å². The van der Waals surface area contributed by atoms with Gasteiger partial charge in [-0.3, -0.25) is 9.69 Å². The number of anilines is 1. The predicted octanol–water partition coefficient (Wildman–Crippen LogP) is 8.42. The molecule has 2 aromatic carbocycles. The van der Waals surface area contributed by atoms with E-state index >= 15 is 0 Å². The van der Waals surface area contributed by atoms with Crippen LogP contribution < -0.4 is 4.90 Å². The highest BCUT2D eigenvalue weighted by Gasteiger charge is 2.38. The maximum absolute atomic E-state index is 13.5. The van der Waals surface area contributed by atoms with Crippen LogP contribution in [0, 0.1) is 6.92 Å². The van der Waals surface area contributed by atoms with E-state index in [-0.39, 0.29) is 18.2 Å². The van der Waals surface area contributed by atoms with Crippen molar-refractivity contribution in [2.45, 2.75) is 78.0 Å². The zero-order valence-electron chi connectivity index (χ0n) is 22.1. The maximum Gasteiger partial charge on any atom is 0.416 e. The first-order valence-electron chi connectivity index (χ1n) is 12.1. The number of ether oxygens (including phenoxy) is 1. The number of rotatable bonds is 3. The van der Waals surface area contributed by atoms with Gasteiger partial charge in [0.05, 0.1) is 22.9 Å². The molecule has 214 valence electrons. The number of carbonyl (C=O) groups is 2. The highest BCUT2D eigenvalue weighted by molar-refractivity contribution is 9.10. The highest BCUT2D eigenvalue weighted by atomic mass is 79.9. The van der Waals surface area contributed by atoms with Gasteiger partial charge < -0.3 is 9.64 Å². The van der Waals surface area contributed by atoms with Gasteiger partial charge in [-0.05, 0) is 87.6 Å². The number of fused-ring (bicyclic) bond motifs is 1. The van der Waals surface area contributed by atoms with Gasteiger partial charge in [-0.15, -0.1) is 0 Å². The van der Waals surface area contributed by atoms with Crippen LogP contribution in [0.1, 0.15) is 74.4 Å². The van der Waals surface area contributed by atoms with Crippen molar-refractivity contribution < 1.29 is 40.7 Å². The number of aryl methyl sites for hydroxylation is 1. The summed E-state index contributed by atoms with van der Waals surface area (Å²) in [7, 11) is 0. The van der Waals surface area contributed by atoms with Crippen LogP contribution in [-0.4, -0.2) is 29.0 Å². The van der Waals surface area contributed by atoms with Gasteiger partial charge in [0.15, 0.2) is 0 Å². The van der Waals surface area contributed by atoms with E-state index in [1.54, 1.807) is 32.9 Å². The minimum atomic E-state index is -5.01. The molecule has 1 heterocycles. The van der Waals surface area contributed by atoms with Crippen LogP contribution in [0.15, 0.2) is 34.8 Å². The van der Waals surface area contributed by atoms with Crippen LogP contribution in [0.4, 0.5) is 36.8 Å². The van der Waals surface area contributed by atoms with Crippen molar-refractivity contribution in [3.8, 4) is 0 Å².